The van der Waals surface area contributed by atoms with Gasteiger partial charge in [0.25, 0.3) is 0 Å². The minimum absolute atomic E-state index is 0.0284. The van der Waals surface area contributed by atoms with Gasteiger partial charge in [-0.1, -0.05) is 384 Å². The normalized spacial score (nSPS) is 13.8. The van der Waals surface area contributed by atoms with Crippen molar-refractivity contribution in [2.24, 2.45) is 0 Å². The van der Waals surface area contributed by atoms with Crippen molar-refractivity contribution in [1.82, 2.24) is 0 Å². The number of esters is 2. The smallest absolute Gasteiger partial charge is 0.462 e. The Morgan fingerprint density at radius 1 is 0.304 bits per heavy atom. The topological polar surface area (TPSA) is 108 Å². The van der Waals surface area contributed by atoms with E-state index in [0.717, 1.165) is 122 Å². The number of allylic oxidation sites excluding steroid dienone is 26. The lowest BCUT2D eigenvalue weighted by Gasteiger charge is -2.24. The molecule has 10 heteroatoms. The first kappa shape index (κ1) is 97.6. The lowest BCUT2D eigenvalue weighted by molar-refractivity contribution is -0.870. The molecule has 0 aromatic carbocycles. The van der Waals surface area contributed by atoms with E-state index in [4.69, 9.17) is 18.5 Å². The predicted molar refractivity (Wildman–Crippen MR) is 445 cm³/mol. The number of carbonyl (C=O) groups excluding carboxylic acids is 2. The summed E-state index contributed by atoms with van der Waals surface area (Å²) in [6, 6.07) is 0. The number of ether oxygens (including phenoxy) is 2. The second-order valence-electron chi connectivity index (χ2n) is 29.1. The molecule has 1 N–H and O–H groups in total. The number of rotatable bonds is 77. The maximum Gasteiger partial charge on any atom is 0.472 e. The van der Waals surface area contributed by atoms with Crippen molar-refractivity contribution < 1.29 is 42.1 Å². The maximum absolute atomic E-state index is 12.9. The Morgan fingerprint density at radius 2 is 0.529 bits per heavy atom. The largest absolute Gasteiger partial charge is 0.472 e. The molecule has 0 radical (unpaired) electrons. The highest BCUT2D eigenvalue weighted by molar-refractivity contribution is 7.47. The van der Waals surface area contributed by atoms with Crippen LogP contribution in [0, 0.1) is 0 Å². The molecule has 0 saturated carbocycles. The Bertz CT molecular complexity index is 2290. The Kier molecular flexibility index (Phi) is 77.3. The molecule has 0 spiro atoms. The second-order valence-corrected chi connectivity index (χ2v) is 30.6. The van der Waals surface area contributed by atoms with Gasteiger partial charge in [0.1, 0.15) is 19.8 Å². The molecular weight excluding hydrogens is 1280 g/mol. The molecule has 0 aliphatic heterocycles. The fraction of sp³-hybridized carbons (Fsp3) is 0.696. The zero-order valence-corrected chi connectivity index (χ0v) is 67.7. The van der Waals surface area contributed by atoms with E-state index in [9.17, 15) is 19.0 Å². The highest BCUT2D eigenvalue weighted by Crippen LogP contribution is 2.43. The van der Waals surface area contributed by atoms with E-state index in [2.05, 4.69) is 172 Å². The second kappa shape index (κ2) is 80.7. The summed E-state index contributed by atoms with van der Waals surface area (Å²) < 4.78 is 34.9. The molecular formula is C92H159NO8P+. The summed E-state index contributed by atoms with van der Waals surface area (Å²) in [6.45, 7) is 4.24. The van der Waals surface area contributed by atoms with Gasteiger partial charge in [0.05, 0.1) is 27.7 Å². The van der Waals surface area contributed by atoms with Gasteiger partial charge in [0, 0.05) is 12.8 Å². The number of carbonyl (C=O) groups is 2. The fourth-order valence-electron chi connectivity index (χ4n) is 11.7. The molecule has 102 heavy (non-hydrogen) atoms. The number of nitrogens with zero attached hydrogens (tertiary/aromatic N) is 1. The first-order chi connectivity index (χ1) is 50.0. The number of hydrogen-bond donors (Lipinski definition) is 1. The third-order valence-corrected chi connectivity index (χ3v) is 19.0. The fourth-order valence-corrected chi connectivity index (χ4v) is 12.5. The summed E-state index contributed by atoms with van der Waals surface area (Å²) in [5.41, 5.74) is 0. The van der Waals surface area contributed by atoms with Crippen molar-refractivity contribution in [3.63, 3.8) is 0 Å². The van der Waals surface area contributed by atoms with Crippen LogP contribution in [0.2, 0.25) is 0 Å². The SMILES string of the molecule is CC/C=C\C/C=C\C/C=C\C/C=C\C/C=C\C/C=C\C/C=C\CCCCCCCCCCCCCCCCCC(=O)OC(COC(=O)CCCCCCCCCCCCCCCCCCCCCCCC/C=C\C/C=C\C/C=C\C/C=C\C/C=C\C/C=C\CC)COP(=O)(O)OCC[N+](C)(C)C. The summed E-state index contributed by atoms with van der Waals surface area (Å²) in [5.74, 6) is -0.788. The van der Waals surface area contributed by atoms with E-state index >= 15 is 0 Å². The summed E-state index contributed by atoms with van der Waals surface area (Å²) in [5, 5.41) is 0. The predicted octanol–water partition coefficient (Wildman–Crippen LogP) is 28.6. The van der Waals surface area contributed by atoms with Crippen LogP contribution in [-0.2, 0) is 32.7 Å². The minimum atomic E-state index is -4.40. The van der Waals surface area contributed by atoms with E-state index in [1.165, 1.54) is 205 Å². The monoisotopic (exact) mass is 1440 g/mol. The summed E-state index contributed by atoms with van der Waals surface area (Å²) in [7, 11) is 1.48. The molecule has 9 nitrogen and oxygen atoms in total. The number of unbranched alkanes of at least 4 members (excludes halogenated alkanes) is 37. The van der Waals surface area contributed by atoms with Gasteiger partial charge >= 0.3 is 19.8 Å². The Labute approximate surface area is 630 Å². The molecule has 0 saturated heterocycles. The van der Waals surface area contributed by atoms with Gasteiger partial charge in [-0.2, -0.15) is 0 Å². The molecule has 0 aliphatic rings. The van der Waals surface area contributed by atoms with Gasteiger partial charge < -0.3 is 18.9 Å². The van der Waals surface area contributed by atoms with E-state index in [-0.39, 0.29) is 32.0 Å². The molecule has 2 unspecified atom stereocenters. The highest BCUT2D eigenvalue weighted by Gasteiger charge is 2.27. The molecule has 0 aliphatic carbocycles. The van der Waals surface area contributed by atoms with Gasteiger partial charge in [0.2, 0.25) is 0 Å². The molecule has 0 aromatic rings. The summed E-state index contributed by atoms with van der Waals surface area (Å²) in [6.07, 6.45) is 121. The highest BCUT2D eigenvalue weighted by atomic mass is 31.2. The van der Waals surface area contributed by atoms with Gasteiger partial charge in [0.15, 0.2) is 6.10 Å². The summed E-state index contributed by atoms with van der Waals surface area (Å²) in [4.78, 5) is 36.0. The van der Waals surface area contributed by atoms with Gasteiger partial charge in [-0.05, 0) is 122 Å². The van der Waals surface area contributed by atoms with Crippen molar-refractivity contribution >= 4 is 19.8 Å². The van der Waals surface area contributed by atoms with E-state index < -0.39 is 26.5 Å². The number of phosphoric acid groups is 1. The Hall–Kier alpha value is -4.37. The van der Waals surface area contributed by atoms with Gasteiger partial charge in [-0.25, -0.2) is 4.57 Å². The van der Waals surface area contributed by atoms with Crippen LogP contribution in [0.1, 0.15) is 361 Å². The van der Waals surface area contributed by atoms with Crippen molar-refractivity contribution in [2.45, 2.75) is 367 Å². The maximum atomic E-state index is 12.9. The molecule has 0 rings (SSSR count). The van der Waals surface area contributed by atoms with Crippen LogP contribution < -0.4 is 0 Å². The van der Waals surface area contributed by atoms with Crippen LogP contribution in [0.25, 0.3) is 0 Å². The van der Waals surface area contributed by atoms with Crippen LogP contribution in [-0.4, -0.2) is 74.9 Å². The lowest BCUT2D eigenvalue weighted by atomic mass is 10.0. The average molecular weight is 1440 g/mol. The van der Waals surface area contributed by atoms with Crippen LogP contribution in [0.5, 0.6) is 0 Å². The zero-order chi connectivity index (χ0) is 74.0. The van der Waals surface area contributed by atoms with Crippen molar-refractivity contribution in [3.8, 4) is 0 Å². The Morgan fingerprint density at radius 3 is 0.784 bits per heavy atom. The molecule has 584 valence electrons. The minimum Gasteiger partial charge on any atom is -0.462 e. The first-order valence-electron chi connectivity index (χ1n) is 42.2. The quantitative estimate of drug-likeness (QED) is 0.0211. The van der Waals surface area contributed by atoms with E-state index in [1.54, 1.807) is 0 Å². The average Bonchev–Trinajstić information content (AvgIpc) is 0.913. The van der Waals surface area contributed by atoms with Crippen molar-refractivity contribution in [1.29, 1.82) is 0 Å². The van der Waals surface area contributed by atoms with Crippen molar-refractivity contribution in [2.75, 3.05) is 47.5 Å². The Balaban J connectivity index is 3.94. The van der Waals surface area contributed by atoms with Crippen LogP contribution in [0.4, 0.5) is 0 Å². The van der Waals surface area contributed by atoms with Crippen molar-refractivity contribution in [3.05, 3.63) is 158 Å². The third-order valence-electron chi connectivity index (χ3n) is 18.1. The molecule has 0 amide bonds. The van der Waals surface area contributed by atoms with Gasteiger partial charge in [-0.3, -0.25) is 18.6 Å². The number of likely N-dealkylation sites (N-methyl/N-ethyl adjacent to an activating group) is 1. The standard InChI is InChI=1S/C92H158NO8P/c1-6-8-10-12-14-16-18-20-22-24-26-28-30-32-34-36-38-40-42-44-45-46-47-49-50-52-54-56-58-60-62-64-66-68-70-72-74-76-78-80-82-84-91(94)98-88-90(89-100-102(96,97)99-87-86-93(3,4)5)101-92(95)85-83-81-79-77-75-73-71-69-67-65-63-61-59-57-55-53-51-48-43-41-39-37-35-33-31-29-27-25-23-21-19-17-15-13-11-9-7-2/h8-11,14-17,20-23,26-29,32-35,38-41,48,51,90H,6-7,12-13,18-19,24-25,30-31,36-37,42-47,49-50,52-89H2,1-5H3/p+1/b10-8-,11-9-,16-14-,17-15-,22-20-,23-21-,28-26-,29-27-,34-32-,35-33-,40-38-,41-39-,51-48-. The summed E-state index contributed by atoms with van der Waals surface area (Å²) >= 11 is 0. The third kappa shape index (κ3) is 84.6. The number of hydrogen-bond acceptors (Lipinski definition) is 7. The molecule has 0 fully saturated rings. The van der Waals surface area contributed by atoms with Crippen LogP contribution in [0.15, 0.2) is 158 Å². The molecule has 2 atom stereocenters. The van der Waals surface area contributed by atoms with E-state index in [1.807, 2.05) is 21.1 Å². The zero-order valence-electron chi connectivity index (χ0n) is 66.8. The van der Waals surface area contributed by atoms with E-state index in [0.29, 0.717) is 17.4 Å². The van der Waals surface area contributed by atoms with Crippen LogP contribution >= 0.6 is 7.82 Å². The van der Waals surface area contributed by atoms with Gasteiger partial charge in [-0.15, -0.1) is 0 Å². The first-order valence-corrected chi connectivity index (χ1v) is 43.7. The molecule has 0 heterocycles. The molecule has 0 bridgehead atoms. The number of phosphoric ester groups is 1. The molecule has 0 aromatic heterocycles. The van der Waals surface area contributed by atoms with Crippen LogP contribution in [0.3, 0.4) is 0 Å². The lowest BCUT2D eigenvalue weighted by Crippen LogP contribution is -2.37. The number of quaternary nitrogens is 1.